The highest BCUT2D eigenvalue weighted by molar-refractivity contribution is 6.39. The minimum atomic E-state index is -0.521. The van der Waals surface area contributed by atoms with Gasteiger partial charge in [0.05, 0.1) is 36.0 Å². The first-order valence-electron chi connectivity index (χ1n) is 8.29. The molecular weight excluding hydrogens is 375 g/mol. The number of carbonyl (C=O) groups is 1. The Labute approximate surface area is 160 Å². The molecule has 1 fully saturated rings. The Kier molecular flexibility index (Phi) is 5.88. The zero-order valence-electron chi connectivity index (χ0n) is 14.3. The average molecular weight is 393 g/mol. The van der Waals surface area contributed by atoms with E-state index < -0.39 is 5.82 Å². The maximum atomic E-state index is 13.6. The molecule has 0 aliphatic carbocycles. The van der Waals surface area contributed by atoms with Crippen molar-refractivity contribution in [1.82, 2.24) is 10.2 Å². The van der Waals surface area contributed by atoms with Crippen LogP contribution >= 0.6 is 11.6 Å². The first kappa shape index (κ1) is 19.1. The molecule has 3 N–H and O–H groups in total. The number of aliphatic imine (C=N–C) groups is 1. The molecule has 2 heterocycles. The van der Waals surface area contributed by atoms with Gasteiger partial charge in [0.2, 0.25) is 0 Å². The van der Waals surface area contributed by atoms with E-state index in [2.05, 4.69) is 10.3 Å². The molecule has 0 aromatic heterocycles. The highest BCUT2D eigenvalue weighted by Gasteiger charge is 2.31. The van der Waals surface area contributed by atoms with E-state index in [0.717, 1.165) is 6.07 Å². The number of aliphatic hydroxyl groups excluding tert-OH is 1. The Bertz CT molecular complexity index is 866. The molecule has 0 saturated carbocycles. The maximum absolute atomic E-state index is 13.6. The van der Waals surface area contributed by atoms with Crippen molar-refractivity contribution in [3.05, 3.63) is 52.2 Å². The molecule has 3 rings (SSSR count). The molecule has 0 radical (unpaired) electrons. The van der Waals surface area contributed by atoms with Crippen LogP contribution in [0.25, 0.3) is 0 Å². The summed E-state index contributed by atoms with van der Waals surface area (Å²) >= 11 is 5.81. The minimum absolute atomic E-state index is 0.0647. The van der Waals surface area contributed by atoms with Gasteiger partial charge >= 0.3 is 0 Å². The monoisotopic (exact) mass is 392 g/mol. The van der Waals surface area contributed by atoms with Crippen molar-refractivity contribution in [3.8, 4) is 5.75 Å². The number of hydrogen-bond donors (Lipinski definition) is 3. The summed E-state index contributed by atoms with van der Waals surface area (Å²) in [6, 6.07) is 3.69. The van der Waals surface area contributed by atoms with Gasteiger partial charge in [-0.05, 0) is 12.1 Å². The summed E-state index contributed by atoms with van der Waals surface area (Å²) < 4.78 is 19.0. The molecule has 0 bridgehead atoms. The second-order valence-electron chi connectivity index (χ2n) is 5.96. The van der Waals surface area contributed by atoms with Crippen molar-refractivity contribution >= 4 is 29.4 Å². The SMILES string of the molecule is N=C1CN(C(=O)c2ccc(F)cc2OCCCO)C/C1=C1\N=CC(Cl)=CN1. The van der Waals surface area contributed by atoms with Gasteiger partial charge in [-0.15, -0.1) is 0 Å². The molecule has 0 unspecified atom stereocenters. The molecule has 0 atom stereocenters. The van der Waals surface area contributed by atoms with Gasteiger partial charge in [0.1, 0.15) is 17.4 Å². The van der Waals surface area contributed by atoms with Gasteiger partial charge in [-0.2, -0.15) is 0 Å². The van der Waals surface area contributed by atoms with Crippen LogP contribution in [-0.4, -0.2) is 54.1 Å². The van der Waals surface area contributed by atoms with Crippen molar-refractivity contribution in [2.45, 2.75) is 6.42 Å². The minimum Gasteiger partial charge on any atom is -0.493 e. The third kappa shape index (κ3) is 4.35. The molecule has 1 saturated heterocycles. The smallest absolute Gasteiger partial charge is 0.258 e. The summed E-state index contributed by atoms with van der Waals surface area (Å²) in [6.07, 6.45) is 3.39. The van der Waals surface area contributed by atoms with Gasteiger partial charge < -0.3 is 25.5 Å². The predicted octanol–water partition coefficient (Wildman–Crippen LogP) is 2.03. The Balaban J connectivity index is 1.80. The first-order chi connectivity index (χ1) is 13.0. The van der Waals surface area contributed by atoms with Crippen LogP contribution in [0.5, 0.6) is 5.75 Å². The molecule has 142 valence electrons. The molecule has 1 aromatic carbocycles. The number of aliphatic hydroxyl groups is 1. The zero-order valence-corrected chi connectivity index (χ0v) is 15.1. The molecular formula is C18H18ClFN4O3. The van der Waals surface area contributed by atoms with Crippen LogP contribution in [0.3, 0.4) is 0 Å². The summed E-state index contributed by atoms with van der Waals surface area (Å²) in [5.74, 6) is -0.308. The average Bonchev–Trinajstić information content (AvgIpc) is 3.04. The van der Waals surface area contributed by atoms with Crippen molar-refractivity contribution < 1.29 is 19.0 Å². The lowest BCUT2D eigenvalue weighted by molar-refractivity contribution is 0.0799. The van der Waals surface area contributed by atoms with Gasteiger partial charge in [0.25, 0.3) is 5.91 Å². The largest absolute Gasteiger partial charge is 0.493 e. The Morgan fingerprint density at radius 1 is 1.44 bits per heavy atom. The van der Waals surface area contributed by atoms with Crippen molar-refractivity contribution in [2.24, 2.45) is 4.99 Å². The van der Waals surface area contributed by atoms with E-state index in [1.807, 2.05) is 0 Å². The number of carbonyl (C=O) groups excluding carboxylic acids is 1. The molecule has 2 aliphatic rings. The fourth-order valence-electron chi connectivity index (χ4n) is 2.70. The highest BCUT2D eigenvalue weighted by atomic mass is 35.5. The normalized spacial score (nSPS) is 19.1. The van der Waals surface area contributed by atoms with Crippen LogP contribution in [0, 0.1) is 11.2 Å². The van der Waals surface area contributed by atoms with E-state index in [4.69, 9.17) is 26.9 Å². The zero-order chi connectivity index (χ0) is 19.4. The summed E-state index contributed by atoms with van der Waals surface area (Å²) in [5.41, 5.74) is 1.06. The standard InChI is InChI=1S/C18H18ClFN4O3/c19-11-7-22-17(23-8-11)14-9-24(10-15(14)21)18(26)13-3-2-12(20)6-16(13)27-5-1-4-25/h2-3,6-8,21-22,25H,1,4-5,9-10H2/b17-14+,21-15?. The van der Waals surface area contributed by atoms with Crippen molar-refractivity contribution in [3.63, 3.8) is 0 Å². The van der Waals surface area contributed by atoms with Gasteiger partial charge in [0.15, 0.2) is 0 Å². The molecule has 1 amide bonds. The quantitative estimate of drug-likeness (QED) is 0.668. The predicted molar refractivity (Wildman–Crippen MR) is 99.8 cm³/mol. The van der Waals surface area contributed by atoms with Crippen molar-refractivity contribution in [1.29, 1.82) is 5.41 Å². The van der Waals surface area contributed by atoms with Crippen LogP contribution in [0.15, 0.2) is 45.8 Å². The van der Waals surface area contributed by atoms with Crippen LogP contribution in [0.1, 0.15) is 16.8 Å². The number of rotatable bonds is 5. The van der Waals surface area contributed by atoms with Crippen molar-refractivity contribution in [2.75, 3.05) is 26.3 Å². The molecule has 27 heavy (non-hydrogen) atoms. The number of amides is 1. The Hall–Kier alpha value is -2.71. The highest BCUT2D eigenvalue weighted by Crippen LogP contribution is 2.25. The Morgan fingerprint density at radius 3 is 2.96 bits per heavy atom. The van der Waals surface area contributed by atoms with E-state index in [9.17, 15) is 9.18 Å². The van der Waals surface area contributed by atoms with E-state index >= 15 is 0 Å². The van der Waals surface area contributed by atoms with E-state index in [-0.39, 0.29) is 49.2 Å². The number of allylic oxidation sites excluding steroid dienone is 1. The molecule has 0 spiro atoms. The third-order valence-electron chi connectivity index (χ3n) is 4.03. The lowest BCUT2D eigenvalue weighted by Gasteiger charge is -2.17. The number of ether oxygens (including phenoxy) is 1. The topological polar surface area (TPSA) is 98.0 Å². The van der Waals surface area contributed by atoms with Crippen LogP contribution in [0.2, 0.25) is 0 Å². The summed E-state index contributed by atoms with van der Waals surface area (Å²) in [5, 5.41) is 20.4. The number of nitrogens with zero attached hydrogens (tertiary/aromatic N) is 2. The van der Waals surface area contributed by atoms with Crippen LogP contribution in [0.4, 0.5) is 4.39 Å². The number of hydrogen-bond acceptors (Lipinski definition) is 6. The second-order valence-corrected chi connectivity index (χ2v) is 6.40. The second kappa shape index (κ2) is 8.32. The van der Waals surface area contributed by atoms with Crippen LogP contribution < -0.4 is 10.1 Å². The summed E-state index contributed by atoms with van der Waals surface area (Å²) in [7, 11) is 0. The Morgan fingerprint density at radius 2 is 2.26 bits per heavy atom. The molecule has 7 nitrogen and oxygen atoms in total. The van der Waals surface area contributed by atoms with E-state index in [1.54, 1.807) is 6.20 Å². The number of nitrogens with one attached hydrogen (secondary N) is 2. The van der Waals surface area contributed by atoms with E-state index in [1.165, 1.54) is 23.2 Å². The van der Waals surface area contributed by atoms with Gasteiger partial charge in [-0.1, -0.05) is 11.6 Å². The summed E-state index contributed by atoms with van der Waals surface area (Å²) in [4.78, 5) is 18.5. The molecule has 2 aliphatic heterocycles. The van der Waals surface area contributed by atoms with Gasteiger partial charge in [-0.3, -0.25) is 4.79 Å². The number of benzene rings is 1. The fraction of sp³-hybridized carbons (Fsp3) is 0.278. The third-order valence-corrected chi connectivity index (χ3v) is 4.24. The first-order valence-corrected chi connectivity index (χ1v) is 8.67. The lowest BCUT2D eigenvalue weighted by atomic mass is 10.1. The van der Waals surface area contributed by atoms with E-state index in [0.29, 0.717) is 22.8 Å². The summed E-state index contributed by atoms with van der Waals surface area (Å²) in [6.45, 7) is 0.401. The number of halogens is 2. The lowest BCUT2D eigenvalue weighted by Crippen LogP contribution is -2.29. The molecule has 9 heteroatoms. The van der Waals surface area contributed by atoms with Crippen LogP contribution in [-0.2, 0) is 0 Å². The maximum Gasteiger partial charge on any atom is 0.258 e. The fourth-order valence-corrected chi connectivity index (χ4v) is 2.81. The number of likely N-dealkylation sites (tertiary alicyclic amines) is 1. The van der Waals surface area contributed by atoms with Gasteiger partial charge in [-0.25, -0.2) is 9.38 Å². The van der Waals surface area contributed by atoms with Gasteiger partial charge in [0, 0.05) is 37.1 Å². The molecule has 1 aromatic rings.